The summed E-state index contributed by atoms with van der Waals surface area (Å²) in [6.07, 6.45) is 1.00. The minimum Gasteiger partial charge on any atom is -0.392 e. The van der Waals surface area contributed by atoms with Gasteiger partial charge >= 0.3 is 0 Å². The third kappa shape index (κ3) is 3.34. The van der Waals surface area contributed by atoms with Gasteiger partial charge in [0.1, 0.15) is 0 Å². The molecule has 0 saturated heterocycles. The molecular formula is C16H19NO. The van der Waals surface area contributed by atoms with Crippen LogP contribution < -0.4 is 5.32 Å². The van der Waals surface area contributed by atoms with Gasteiger partial charge in [0.25, 0.3) is 0 Å². The van der Waals surface area contributed by atoms with Gasteiger partial charge in [0.15, 0.2) is 0 Å². The Morgan fingerprint density at radius 1 is 1.00 bits per heavy atom. The molecule has 0 amide bonds. The molecule has 0 fully saturated rings. The Kier molecular flexibility index (Phi) is 4.37. The summed E-state index contributed by atoms with van der Waals surface area (Å²) < 4.78 is 0. The van der Waals surface area contributed by atoms with Crippen LogP contribution in [0.15, 0.2) is 48.5 Å². The molecule has 0 aliphatic carbocycles. The Morgan fingerprint density at radius 3 is 2.50 bits per heavy atom. The second-order valence-electron chi connectivity index (χ2n) is 4.47. The van der Waals surface area contributed by atoms with E-state index in [1.807, 2.05) is 24.3 Å². The quantitative estimate of drug-likeness (QED) is 0.843. The SMILES string of the molecule is Cc1ccc(CO)cc1NCCc1ccccc1. The Labute approximate surface area is 108 Å². The van der Waals surface area contributed by atoms with Gasteiger partial charge in [-0.1, -0.05) is 42.5 Å². The lowest BCUT2D eigenvalue weighted by molar-refractivity contribution is 0.282. The molecule has 18 heavy (non-hydrogen) atoms. The summed E-state index contributed by atoms with van der Waals surface area (Å²) in [4.78, 5) is 0. The first kappa shape index (κ1) is 12.7. The summed E-state index contributed by atoms with van der Waals surface area (Å²) in [6, 6.07) is 16.4. The molecule has 2 nitrogen and oxygen atoms in total. The van der Waals surface area contributed by atoms with Gasteiger partial charge < -0.3 is 10.4 Å². The largest absolute Gasteiger partial charge is 0.392 e. The smallest absolute Gasteiger partial charge is 0.0682 e. The maximum Gasteiger partial charge on any atom is 0.0682 e. The fourth-order valence-electron chi connectivity index (χ4n) is 1.94. The second kappa shape index (κ2) is 6.22. The van der Waals surface area contributed by atoms with Crippen molar-refractivity contribution >= 4 is 5.69 Å². The van der Waals surface area contributed by atoms with Crippen molar-refractivity contribution in [2.24, 2.45) is 0 Å². The van der Waals surface area contributed by atoms with E-state index in [-0.39, 0.29) is 6.61 Å². The molecule has 0 heterocycles. The fraction of sp³-hybridized carbons (Fsp3) is 0.250. The van der Waals surface area contributed by atoms with Crippen LogP contribution in [0, 0.1) is 6.92 Å². The highest BCUT2D eigenvalue weighted by Crippen LogP contribution is 2.17. The molecule has 2 rings (SSSR count). The standard InChI is InChI=1S/C16H19NO/c1-13-7-8-15(12-18)11-16(13)17-10-9-14-5-3-2-4-6-14/h2-8,11,17-18H,9-10,12H2,1H3. The first-order valence-electron chi connectivity index (χ1n) is 6.28. The van der Waals surface area contributed by atoms with Crippen LogP contribution in [0.2, 0.25) is 0 Å². The zero-order valence-electron chi connectivity index (χ0n) is 10.7. The highest BCUT2D eigenvalue weighted by molar-refractivity contribution is 5.52. The molecule has 0 saturated carbocycles. The first-order valence-corrected chi connectivity index (χ1v) is 6.28. The molecule has 0 aliphatic rings. The van der Waals surface area contributed by atoms with Crippen molar-refractivity contribution < 1.29 is 5.11 Å². The highest BCUT2D eigenvalue weighted by atomic mass is 16.3. The molecule has 2 heteroatoms. The molecule has 2 N–H and O–H groups in total. The van der Waals surface area contributed by atoms with Gasteiger partial charge in [-0.2, -0.15) is 0 Å². The molecule has 2 aromatic carbocycles. The van der Waals surface area contributed by atoms with Crippen LogP contribution in [0.1, 0.15) is 16.7 Å². The molecule has 94 valence electrons. The van der Waals surface area contributed by atoms with Crippen LogP contribution in [-0.4, -0.2) is 11.7 Å². The van der Waals surface area contributed by atoms with Gasteiger partial charge in [0.05, 0.1) is 6.61 Å². The van der Waals surface area contributed by atoms with Gasteiger partial charge in [0.2, 0.25) is 0 Å². The molecule has 0 spiro atoms. The van der Waals surface area contributed by atoms with Gasteiger partial charge in [-0.05, 0) is 36.1 Å². The Morgan fingerprint density at radius 2 is 1.78 bits per heavy atom. The van der Waals surface area contributed by atoms with Crippen molar-refractivity contribution in [2.75, 3.05) is 11.9 Å². The summed E-state index contributed by atoms with van der Waals surface area (Å²) in [5.41, 5.74) is 4.60. The third-order valence-electron chi connectivity index (χ3n) is 3.06. The summed E-state index contributed by atoms with van der Waals surface area (Å²) >= 11 is 0. The molecular weight excluding hydrogens is 222 g/mol. The van der Waals surface area contributed by atoms with E-state index in [0.717, 1.165) is 24.2 Å². The van der Waals surface area contributed by atoms with Crippen molar-refractivity contribution in [3.05, 3.63) is 65.2 Å². The Balaban J connectivity index is 1.94. The summed E-state index contributed by atoms with van der Waals surface area (Å²) in [7, 11) is 0. The van der Waals surface area contributed by atoms with Crippen molar-refractivity contribution in [1.82, 2.24) is 0 Å². The van der Waals surface area contributed by atoms with Crippen LogP contribution >= 0.6 is 0 Å². The van der Waals surface area contributed by atoms with E-state index in [9.17, 15) is 0 Å². The van der Waals surface area contributed by atoms with Crippen LogP contribution in [0.5, 0.6) is 0 Å². The van der Waals surface area contributed by atoms with E-state index in [0.29, 0.717) is 0 Å². The molecule has 0 aliphatic heterocycles. The number of aliphatic hydroxyl groups excluding tert-OH is 1. The molecule has 0 radical (unpaired) electrons. The number of aliphatic hydroxyl groups is 1. The molecule has 0 unspecified atom stereocenters. The van der Waals surface area contributed by atoms with Gasteiger partial charge in [-0.25, -0.2) is 0 Å². The number of hydrogen-bond donors (Lipinski definition) is 2. The lowest BCUT2D eigenvalue weighted by atomic mass is 10.1. The van der Waals surface area contributed by atoms with Crippen molar-refractivity contribution in [3.8, 4) is 0 Å². The van der Waals surface area contributed by atoms with Crippen molar-refractivity contribution in [2.45, 2.75) is 20.0 Å². The summed E-state index contributed by atoms with van der Waals surface area (Å²) in [5.74, 6) is 0. The van der Waals surface area contributed by atoms with Crippen LogP contribution in [0.4, 0.5) is 5.69 Å². The predicted octanol–water partition coefficient (Wildman–Crippen LogP) is 3.14. The minimum atomic E-state index is 0.0909. The summed E-state index contributed by atoms with van der Waals surface area (Å²) in [6.45, 7) is 3.07. The number of aryl methyl sites for hydroxylation is 1. The maximum absolute atomic E-state index is 9.13. The van der Waals surface area contributed by atoms with E-state index in [4.69, 9.17) is 5.11 Å². The van der Waals surface area contributed by atoms with Crippen LogP contribution in [0.25, 0.3) is 0 Å². The number of hydrogen-bond acceptors (Lipinski definition) is 2. The lowest BCUT2D eigenvalue weighted by Crippen LogP contribution is -2.06. The third-order valence-corrected chi connectivity index (χ3v) is 3.06. The molecule has 0 atom stereocenters. The monoisotopic (exact) mass is 241 g/mol. The van der Waals surface area contributed by atoms with E-state index in [1.54, 1.807) is 0 Å². The van der Waals surface area contributed by atoms with Crippen molar-refractivity contribution in [3.63, 3.8) is 0 Å². The number of anilines is 1. The summed E-state index contributed by atoms with van der Waals surface area (Å²) in [5, 5.41) is 12.6. The maximum atomic E-state index is 9.13. The zero-order chi connectivity index (χ0) is 12.8. The van der Waals surface area contributed by atoms with Crippen LogP contribution in [0.3, 0.4) is 0 Å². The molecule has 0 bridgehead atoms. The number of benzene rings is 2. The molecule has 2 aromatic rings. The molecule has 0 aromatic heterocycles. The second-order valence-corrected chi connectivity index (χ2v) is 4.47. The number of rotatable bonds is 5. The fourth-order valence-corrected chi connectivity index (χ4v) is 1.94. The van der Waals surface area contributed by atoms with E-state index in [2.05, 4.69) is 36.5 Å². The van der Waals surface area contributed by atoms with Gasteiger partial charge in [-0.15, -0.1) is 0 Å². The van der Waals surface area contributed by atoms with E-state index >= 15 is 0 Å². The zero-order valence-corrected chi connectivity index (χ0v) is 10.7. The van der Waals surface area contributed by atoms with E-state index < -0.39 is 0 Å². The van der Waals surface area contributed by atoms with Crippen molar-refractivity contribution in [1.29, 1.82) is 0 Å². The lowest BCUT2D eigenvalue weighted by Gasteiger charge is -2.11. The number of nitrogens with one attached hydrogen (secondary N) is 1. The minimum absolute atomic E-state index is 0.0909. The average Bonchev–Trinajstić information content (AvgIpc) is 2.42. The predicted molar refractivity (Wildman–Crippen MR) is 75.7 cm³/mol. The van der Waals surface area contributed by atoms with Crippen LogP contribution in [-0.2, 0) is 13.0 Å². The average molecular weight is 241 g/mol. The normalized spacial score (nSPS) is 10.3. The highest BCUT2D eigenvalue weighted by Gasteiger charge is 1.99. The van der Waals surface area contributed by atoms with E-state index in [1.165, 1.54) is 11.1 Å². The first-order chi connectivity index (χ1) is 8.79. The Bertz CT molecular complexity index is 494. The van der Waals surface area contributed by atoms with Gasteiger partial charge in [0, 0.05) is 12.2 Å². The topological polar surface area (TPSA) is 32.3 Å². The van der Waals surface area contributed by atoms with Gasteiger partial charge in [-0.3, -0.25) is 0 Å². The Hall–Kier alpha value is -1.80.